The summed E-state index contributed by atoms with van der Waals surface area (Å²) >= 11 is 0. The van der Waals surface area contributed by atoms with Crippen LogP contribution < -0.4 is 9.47 Å². The van der Waals surface area contributed by atoms with Crippen molar-refractivity contribution < 1.29 is 19.0 Å². The lowest BCUT2D eigenvalue weighted by atomic mass is 10.1. The first kappa shape index (κ1) is 20.3. The molecule has 0 aliphatic rings. The summed E-state index contributed by atoms with van der Waals surface area (Å²) in [4.78, 5) is 16.4. The SMILES string of the molecule is COCCCN(C)C(C)C(=O)N(C)Cc1ccc(OC)c(OC)c1. The van der Waals surface area contributed by atoms with Crippen LogP contribution in [0.25, 0.3) is 0 Å². The number of hydrogen-bond acceptors (Lipinski definition) is 5. The van der Waals surface area contributed by atoms with Gasteiger partial charge in [0.1, 0.15) is 0 Å². The predicted molar refractivity (Wildman–Crippen MR) is 94.6 cm³/mol. The molecule has 0 spiro atoms. The summed E-state index contributed by atoms with van der Waals surface area (Å²) in [6, 6.07) is 5.52. The van der Waals surface area contributed by atoms with E-state index in [9.17, 15) is 4.79 Å². The molecule has 0 radical (unpaired) electrons. The molecule has 6 heteroatoms. The number of carbonyl (C=O) groups is 1. The van der Waals surface area contributed by atoms with Crippen molar-refractivity contribution in [2.24, 2.45) is 0 Å². The van der Waals surface area contributed by atoms with Gasteiger partial charge in [0.05, 0.1) is 20.3 Å². The Hall–Kier alpha value is -1.79. The molecule has 0 fully saturated rings. The molecular formula is C18H30N2O4. The molecule has 1 aromatic carbocycles. The van der Waals surface area contributed by atoms with E-state index >= 15 is 0 Å². The third-order valence-electron chi connectivity index (χ3n) is 4.12. The number of methoxy groups -OCH3 is 3. The van der Waals surface area contributed by atoms with Crippen molar-refractivity contribution in [1.82, 2.24) is 9.80 Å². The van der Waals surface area contributed by atoms with Crippen LogP contribution in [-0.4, -0.2) is 70.3 Å². The smallest absolute Gasteiger partial charge is 0.239 e. The van der Waals surface area contributed by atoms with E-state index < -0.39 is 0 Å². The quantitative estimate of drug-likeness (QED) is 0.611. The van der Waals surface area contributed by atoms with E-state index in [1.54, 1.807) is 26.2 Å². The summed E-state index contributed by atoms with van der Waals surface area (Å²) in [7, 11) is 8.67. The number of rotatable bonds is 10. The minimum Gasteiger partial charge on any atom is -0.493 e. The van der Waals surface area contributed by atoms with Crippen molar-refractivity contribution in [3.63, 3.8) is 0 Å². The lowest BCUT2D eigenvalue weighted by molar-refractivity contribution is -0.135. The first-order chi connectivity index (χ1) is 11.4. The number of nitrogens with zero attached hydrogens (tertiary/aromatic N) is 2. The first-order valence-electron chi connectivity index (χ1n) is 8.09. The first-order valence-corrected chi connectivity index (χ1v) is 8.09. The molecule has 136 valence electrons. The van der Waals surface area contributed by atoms with Gasteiger partial charge in [-0.25, -0.2) is 0 Å². The Morgan fingerprint density at radius 3 is 2.38 bits per heavy atom. The summed E-state index contributed by atoms with van der Waals surface area (Å²) < 4.78 is 15.6. The second-order valence-corrected chi connectivity index (χ2v) is 5.89. The maximum absolute atomic E-state index is 12.6. The van der Waals surface area contributed by atoms with E-state index in [4.69, 9.17) is 14.2 Å². The largest absolute Gasteiger partial charge is 0.493 e. The second-order valence-electron chi connectivity index (χ2n) is 5.89. The van der Waals surface area contributed by atoms with Gasteiger partial charge in [-0.05, 0) is 38.1 Å². The van der Waals surface area contributed by atoms with E-state index in [2.05, 4.69) is 0 Å². The summed E-state index contributed by atoms with van der Waals surface area (Å²) in [6.45, 7) is 3.98. The van der Waals surface area contributed by atoms with Gasteiger partial charge in [0, 0.05) is 33.9 Å². The average molecular weight is 338 g/mol. The normalized spacial score (nSPS) is 12.1. The molecule has 0 saturated heterocycles. The van der Waals surface area contributed by atoms with Gasteiger partial charge < -0.3 is 19.1 Å². The average Bonchev–Trinajstić information content (AvgIpc) is 2.60. The van der Waals surface area contributed by atoms with Gasteiger partial charge in [-0.15, -0.1) is 0 Å². The number of likely N-dealkylation sites (N-methyl/N-ethyl adjacent to an activating group) is 2. The highest BCUT2D eigenvalue weighted by Gasteiger charge is 2.21. The molecule has 0 aliphatic heterocycles. The monoisotopic (exact) mass is 338 g/mol. The molecule has 1 unspecified atom stereocenters. The van der Waals surface area contributed by atoms with Crippen molar-refractivity contribution in [1.29, 1.82) is 0 Å². The number of ether oxygens (including phenoxy) is 3. The molecule has 6 nitrogen and oxygen atoms in total. The molecular weight excluding hydrogens is 308 g/mol. The molecule has 1 atom stereocenters. The molecule has 0 aliphatic carbocycles. The zero-order valence-corrected chi connectivity index (χ0v) is 15.7. The Labute approximate surface area is 145 Å². The van der Waals surface area contributed by atoms with Crippen LogP contribution in [0.2, 0.25) is 0 Å². The minimum absolute atomic E-state index is 0.0877. The fraction of sp³-hybridized carbons (Fsp3) is 0.611. The second kappa shape index (κ2) is 10.2. The Morgan fingerprint density at radius 2 is 1.79 bits per heavy atom. The van der Waals surface area contributed by atoms with Gasteiger partial charge in [-0.3, -0.25) is 9.69 Å². The van der Waals surface area contributed by atoms with Crippen molar-refractivity contribution in [3.8, 4) is 11.5 Å². The van der Waals surface area contributed by atoms with E-state index in [1.165, 1.54) is 0 Å². The van der Waals surface area contributed by atoms with Crippen LogP contribution in [0, 0.1) is 0 Å². The van der Waals surface area contributed by atoms with E-state index in [0.29, 0.717) is 24.7 Å². The van der Waals surface area contributed by atoms with Gasteiger partial charge in [-0.2, -0.15) is 0 Å². The number of carbonyl (C=O) groups excluding carboxylic acids is 1. The molecule has 0 aromatic heterocycles. The van der Waals surface area contributed by atoms with Crippen molar-refractivity contribution in [2.75, 3.05) is 48.6 Å². The zero-order valence-electron chi connectivity index (χ0n) is 15.7. The molecule has 1 rings (SSSR count). The van der Waals surface area contributed by atoms with E-state index in [0.717, 1.165) is 18.5 Å². The standard InChI is InChI=1S/C18H30N2O4/c1-14(19(2)10-7-11-22-4)18(21)20(3)13-15-8-9-16(23-5)17(12-15)24-6/h8-9,12,14H,7,10-11,13H2,1-6H3. The Bertz CT molecular complexity index is 522. The van der Waals surface area contributed by atoms with Crippen LogP contribution in [0.3, 0.4) is 0 Å². The van der Waals surface area contributed by atoms with Gasteiger partial charge >= 0.3 is 0 Å². The van der Waals surface area contributed by atoms with Crippen LogP contribution in [0.4, 0.5) is 0 Å². The Kier molecular flexibility index (Phi) is 8.57. The Morgan fingerprint density at radius 1 is 1.12 bits per heavy atom. The molecule has 24 heavy (non-hydrogen) atoms. The number of amides is 1. The van der Waals surface area contributed by atoms with Crippen molar-refractivity contribution in [3.05, 3.63) is 23.8 Å². The summed E-state index contributed by atoms with van der Waals surface area (Å²) in [5, 5.41) is 0. The summed E-state index contributed by atoms with van der Waals surface area (Å²) in [6.07, 6.45) is 0.907. The van der Waals surface area contributed by atoms with E-state index in [-0.39, 0.29) is 11.9 Å². The van der Waals surface area contributed by atoms with Crippen molar-refractivity contribution >= 4 is 5.91 Å². The van der Waals surface area contributed by atoms with Crippen LogP contribution >= 0.6 is 0 Å². The fourth-order valence-corrected chi connectivity index (χ4v) is 2.49. The van der Waals surface area contributed by atoms with Crippen LogP contribution in [0.5, 0.6) is 11.5 Å². The van der Waals surface area contributed by atoms with Gasteiger partial charge in [0.15, 0.2) is 11.5 Å². The number of hydrogen-bond donors (Lipinski definition) is 0. The van der Waals surface area contributed by atoms with Crippen molar-refractivity contribution in [2.45, 2.75) is 25.9 Å². The van der Waals surface area contributed by atoms with Crippen LogP contribution in [-0.2, 0) is 16.1 Å². The molecule has 0 N–H and O–H groups in total. The highest BCUT2D eigenvalue weighted by atomic mass is 16.5. The summed E-state index contributed by atoms with van der Waals surface area (Å²) in [5.41, 5.74) is 0.998. The maximum atomic E-state index is 12.6. The maximum Gasteiger partial charge on any atom is 0.239 e. The highest BCUT2D eigenvalue weighted by Crippen LogP contribution is 2.28. The lowest BCUT2D eigenvalue weighted by Crippen LogP contribution is -2.44. The minimum atomic E-state index is -0.174. The topological polar surface area (TPSA) is 51.2 Å². The van der Waals surface area contributed by atoms with Gasteiger partial charge in [-0.1, -0.05) is 6.07 Å². The van der Waals surface area contributed by atoms with E-state index in [1.807, 2.05) is 44.1 Å². The molecule has 0 heterocycles. The van der Waals surface area contributed by atoms with Gasteiger partial charge in [0.25, 0.3) is 0 Å². The number of benzene rings is 1. The zero-order chi connectivity index (χ0) is 18.1. The molecule has 1 amide bonds. The van der Waals surface area contributed by atoms with Gasteiger partial charge in [0.2, 0.25) is 5.91 Å². The Balaban J connectivity index is 2.66. The molecule has 1 aromatic rings. The summed E-state index contributed by atoms with van der Waals surface area (Å²) in [5.74, 6) is 1.44. The predicted octanol–water partition coefficient (Wildman–Crippen LogP) is 2.02. The highest BCUT2D eigenvalue weighted by molar-refractivity contribution is 5.81. The molecule has 0 bridgehead atoms. The molecule has 0 saturated carbocycles. The lowest BCUT2D eigenvalue weighted by Gasteiger charge is -2.28. The third-order valence-corrected chi connectivity index (χ3v) is 4.12. The van der Waals surface area contributed by atoms with Crippen LogP contribution in [0.1, 0.15) is 18.9 Å². The third kappa shape index (κ3) is 5.69. The van der Waals surface area contributed by atoms with Crippen LogP contribution in [0.15, 0.2) is 18.2 Å². The fourth-order valence-electron chi connectivity index (χ4n) is 2.49.